The highest BCUT2D eigenvalue weighted by atomic mass is 32.2. The summed E-state index contributed by atoms with van der Waals surface area (Å²) in [7, 11) is -9.24. The van der Waals surface area contributed by atoms with Gasteiger partial charge in [-0.2, -0.15) is 12.4 Å². The summed E-state index contributed by atoms with van der Waals surface area (Å²) in [6.45, 7) is 2.76. The van der Waals surface area contributed by atoms with Gasteiger partial charge in [-0.05, 0) is 0 Å². The molecular weight excluding hydrogens is 183 g/mol. The van der Waals surface area contributed by atoms with Crippen molar-refractivity contribution in [3.05, 3.63) is 12.0 Å². The van der Waals surface area contributed by atoms with E-state index in [1.54, 1.807) is 0 Å². The zero-order chi connectivity index (χ0) is 8.41. The molecule has 0 spiro atoms. The van der Waals surface area contributed by atoms with Crippen LogP contribution in [0.2, 0.25) is 0 Å². The maximum atomic E-state index is 10.2. The molecule has 60 valence electrons. The molecule has 6 nitrogen and oxygen atoms in total. The molecule has 0 aliphatic rings. The smallest absolute Gasteiger partial charge is 0.302 e. The fourth-order valence-corrected chi connectivity index (χ4v) is 1.49. The molecule has 0 aromatic carbocycles. The molecule has 0 unspecified atom stereocenters. The molecular formula is C2H5O6PS. The van der Waals surface area contributed by atoms with E-state index in [2.05, 4.69) is 10.5 Å². The summed E-state index contributed by atoms with van der Waals surface area (Å²) in [5.74, 6) is 0. The van der Waals surface area contributed by atoms with E-state index >= 15 is 0 Å². The highest BCUT2D eigenvalue weighted by Gasteiger charge is 2.22. The third-order valence-electron chi connectivity index (χ3n) is 0.405. The van der Waals surface area contributed by atoms with Gasteiger partial charge in [-0.1, -0.05) is 6.58 Å². The molecule has 0 saturated carbocycles. The van der Waals surface area contributed by atoms with E-state index in [0.717, 1.165) is 0 Å². The van der Waals surface area contributed by atoms with Gasteiger partial charge in [0.2, 0.25) is 0 Å². The van der Waals surface area contributed by atoms with E-state index in [9.17, 15) is 13.0 Å². The van der Waals surface area contributed by atoms with E-state index in [1.165, 1.54) is 0 Å². The number of hydrogen-bond acceptors (Lipinski definition) is 4. The van der Waals surface area contributed by atoms with E-state index in [-0.39, 0.29) is 0 Å². The summed E-state index contributed by atoms with van der Waals surface area (Å²) < 4.78 is 33.5. The first kappa shape index (κ1) is 9.80. The van der Waals surface area contributed by atoms with Crippen molar-refractivity contribution in [2.24, 2.45) is 0 Å². The summed E-state index contributed by atoms with van der Waals surface area (Å²) in [6, 6.07) is 0. The first-order valence-electron chi connectivity index (χ1n) is 1.91. The highest BCUT2D eigenvalue weighted by Crippen LogP contribution is 2.38. The highest BCUT2D eigenvalue weighted by molar-refractivity contribution is 7.93. The fourth-order valence-electron chi connectivity index (χ4n) is 0.166. The van der Waals surface area contributed by atoms with Crippen molar-refractivity contribution in [1.29, 1.82) is 0 Å². The summed E-state index contributed by atoms with van der Waals surface area (Å²) >= 11 is 0. The monoisotopic (exact) mass is 188 g/mol. The van der Waals surface area contributed by atoms with Gasteiger partial charge in [-0.15, -0.1) is 0 Å². The Morgan fingerprint density at radius 2 is 1.90 bits per heavy atom. The molecule has 0 heterocycles. The quantitative estimate of drug-likeness (QED) is 0.582. The van der Waals surface area contributed by atoms with Crippen LogP contribution in [0.25, 0.3) is 0 Å². The number of phosphoric acid groups is 1. The second-order valence-electron chi connectivity index (χ2n) is 1.22. The lowest BCUT2D eigenvalue weighted by Crippen LogP contribution is -1.98. The Hall–Kier alpha value is -0.200. The maximum Gasteiger partial charge on any atom is 0.484 e. The van der Waals surface area contributed by atoms with Crippen LogP contribution >= 0.6 is 7.82 Å². The van der Waals surface area contributed by atoms with Crippen molar-refractivity contribution in [3.63, 3.8) is 0 Å². The van der Waals surface area contributed by atoms with Gasteiger partial charge in [0, 0.05) is 0 Å². The van der Waals surface area contributed by atoms with Gasteiger partial charge >= 0.3 is 7.82 Å². The summed E-state index contributed by atoms with van der Waals surface area (Å²) in [6.07, 6.45) is 0. The lowest BCUT2D eigenvalue weighted by atomic mass is 11.3. The van der Waals surface area contributed by atoms with E-state index in [4.69, 9.17) is 9.79 Å². The van der Waals surface area contributed by atoms with E-state index in [1.807, 2.05) is 0 Å². The largest absolute Gasteiger partial charge is 0.484 e. The minimum atomic E-state index is -4.96. The molecule has 0 rings (SSSR count). The third-order valence-corrected chi connectivity index (χ3v) is 2.42. The van der Waals surface area contributed by atoms with Crippen LogP contribution in [-0.4, -0.2) is 18.2 Å². The van der Waals surface area contributed by atoms with Crippen molar-refractivity contribution < 1.29 is 26.7 Å². The zero-order valence-electron chi connectivity index (χ0n) is 4.67. The Morgan fingerprint density at radius 3 is 2.00 bits per heavy atom. The van der Waals surface area contributed by atoms with Crippen LogP contribution in [0.4, 0.5) is 0 Å². The molecule has 0 saturated heterocycles. The van der Waals surface area contributed by atoms with Crippen molar-refractivity contribution >= 4 is 17.9 Å². The van der Waals surface area contributed by atoms with Crippen molar-refractivity contribution in [1.82, 2.24) is 0 Å². The first-order chi connectivity index (χ1) is 4.27. The summed E-state index contributed by atoms with van der Waals surface area (Å²) in [5, 5.41) is 0.298. The second kappa shape index (κ2) is 2.81. The maximum absolute atomic E-state index is 10.2. The van der Waals surface area contributed by atoms with Gasteiger partial charge in [0.15, 0.2) is 0 Å². The second-order valence-corrected chi connectivity index (χ2v) is 4.12. The van der Waals surface area contributed by atoms with Gasteiger partial charge in [0.25, 0.3) is 10.1 Å². The minimum Gasteiger partial charge on any atom is -0.302 e. The molecule has 8 heteroatoms. The van der Waals surface area contributed by atoms with Crippen molar-refractivity contribution in [2.75, 3.05) is 0 Å². The molecule has 0 aromatic rings. The van der Waals surface area contributed by atoms with Crippen LogP contribution in [0, 0.1) is 0 Å². The SMILES string of the molecule is C=CS(=O)(=O)OP(=O)(O)O. The third kappa shape index (κ3) is 4.66. The number of hydrogen-bond donors (Lipinski definition) is 2. The zero-order valence-corrected chi connectivity index (χ0v) is 6.38. The van der Waals surface area contributed by atoms with Gasteiger partial charge in [0.1, 0.15) is 0 Å². The average molecular weight is 188 g/mol. The van der Waals surface area contributed by atoms with Crippen LogP contribution in [0.3, 0.4) is 0 Å². The average Bonchev–Trinajstić information content (AvgIpc) is 1.60. The molecule has 0 atom stereocenters. The summed E-state index contributed by atoms with van der Waals surface area (Å²) in [4.78, 5) is 15.9. The molecule has 2 N–H and O–H groups in total. The van der Waals surface area contributed by atoms with E-state index < -0.39 is 17.9 Å². The fraction of sp³-hybridized carbons (Fsp3) is 0. The van der Waals surface area contributed by atoms with Crippen LogP contribution in [-0.2, 0) is 18.7 Å². The van der Waals surface area contributed by atoms with Crippen molar-refractivity contribution in [3.8, 4) is 0 Å². The lowest BCUT2D eigenvalue weighted by Gasteiger charge is -1.99. The molecule has 0 amide bonds. The predicted octanol–water partition coefficient (Wildman–Crippen LogP) is -0.431. The predicted molar refractivity (Wildman–Crippen MR) is 32.2 cm³/mol. The standard InChI is InChI=1S/C2H5O6PS/c1-2-10(6,7)8-9(3,4)5/h2H,1H2,(H2,3,4,5). The van der Waals surface area contributed by atoms with E-state index in [0.29, 0.717) is 5.41 Å². The van der Waals surface area contributed by atoms with Crippen LogP contribution in [0.5, 0.6) is 0 Å². The Bertz CT molecular complexity index is 257. The molecule has 0 aromatic heterocycles. The van der Waals surface area contributed by atoms with Gasteiger partial charge in [-0.25, -0.2) is 4.57 Å². The molecule has 0 aliphatic heterocycles. The Balaban J connectivity index is 4.48. The first-order valence-corrected chi connectivity index (χ1v) is 4.91. The van der Waals surface area contributed by atoms with Gasteiger partial charge < -0.3 is 9.79 Å². The normalized spacial score (nSPS) is 13.0. The van der Waals surface area contributed by atoms with Gasteiger partial charge in [-0.3, -0.25) is 0 Å². The minimum absolute atomic E-state index is 0.298. The topological polar surface area (TPSA) is 101 Å². The van der Waals surface area contributed by atoms with Crippen LogP contribution in [0.15, 0.2) is 12.0 Å². The Kier molecular flexibility index (Phi) is 2.76. The molecule has 0 radical (unpaired) electrons. The number of rotatable bonds is 3. The molecule has 10 heavy (non-hydrogen) atoms. The lowest BCUT2D eigenvalue weighted by molar-refractivity contribution is 0.287. The molecule has 0 fully saturated rings. The summed E-state index contributed by atoms with van der Waals surface area (Å²) in [5.41, 5.74) is 0. The van der Waals surface area contributed by atoms with Crippen LogP contribution < -0.4 is 0 Å². The van der Waals surface area contributed by atoms with Crippen molar-refractivity contribution in [2.45, 2.75) is 0 Å². The molecule has 0 bridgehead atoms. The van der Waals surface area contributed by atoms with Gasteiger partial charge in [0.05, 0.1) is 5.41 Å². The Morgan fingerprint density at radius 1 is 1.50 bits per heavy atom. The molecule has 0 aliphatic carbocycles. The Labute approximate surface area is 57.5 Å². The van der Waals surface area contributed by atoms with Crippen LogP contribution in [0.1, 0.15) is 0 Å².